The van der Waals surface area contributed by atoms with Crippen molar-refractivity contribution in [3.8, 4) is 0 Å². The molecule has 0 nitrogen and oxygen atoms in total. The lowest BCUT2D eigenvalue weighted by atomic mass is 10.3. The summed E-state index contributed by atoms with van der Waals surface area (Å²) < 4.78 is 0. The molecule has 0 amide bonds. The number of hydrogen-bond donors (Lipinski definition) is 0. The van der Waals surface area contributed by atoms with Crippen molar-refractivity contribution in [2.45, 2.75) is 25.8 Å². The third-order valence-corrected chi connectivity index (χ3v) is 10.2. The van der Waals surface area contributed by atoms with Crippen molar-refractivity contribution in [2.24, 2.45) is 0 Å². The van der Waals surface area contributed by atoms with Gasteiger partial charge in [-0.2, -0.15) is 0 Å². The normalized spacial score (nSPS) is 11.8. The molecule has 0 saturated carbocycles. The minimum atomic E-state index is -0.629. The summed E-state index contributed by atoms with van der Waals surface area (Å²) in [5.74, 6) is 0. The molecule has 0 aliphatic carbocycles. The Morgan fingerprint density at radius 3 is 1.44 bits per heavy atom. The molecule has 2 heteroatoms. The Kier molecular flexibility index (Phi) is 4.20. The molecule has 2 aromatic carbocycles. The molecule has 3 radical (unpaired) electrons. The van der Waals surface area contributed by atoms with Crippen LogP contribution >= 0.6 is 0 Å². The van der Waals surface area contributed by atoms with E-state index in [2.05, 4.69) is 81.4 Å². The maximum atomic E-state index is 2.35. The first kappa shape index (κ1) is 13.3. The smallest absolute Gasteiger partial charge is 0.0633 e. The fourth-order valence-electron chi connectivity index (χ4n) is 1.90. The van der Waals surface area contributed by atoms with Crippen LogP contribution < -0.4 is 10.4 Å². The maximum Gasteiger partial charge on any atom is 0.107 e. The highest BCUT2D eigenvalue weighted by molar-refractivity contribution is 7.26. The van der Waals surface area contributed by atoms with Crippen molar-refractivity contribution in [2.75, 3.05) is 0 Å². The van der Waals surface area contributed by atoms with Crippen LogP contribution in [-0.4, -0.2) is 17.4 Å². The van der Waals surface area contributed by atoms with Crippen LogP contribution in [0.15, 0.2) is 60.7 Å². The molecule has 0 atom stereocenters. The first-order valence-corrected chi connectivity index (χ1v) is 9.82. The van der Waals surface area contributed by atoms with E-state index in [0.717, 1.165) is 9.04 Å². The van der Waals surface area contributed by atoms with Gasteiger partial charge in [0.1, 0.15) is 8.31 Å². The van der Waals surface area contributed by atoms with Crippen LogP contribution in [0.5, 0.6) is 0 Å². The molecule has 0 saturated heterocycles. The lowest BCUT2D eigenvalue weighted by Gasteiger charge is -2.24. The number of hydrogen-bond acceptors (Lipinski definition) is 0. The molecule has 0 N–H and O–H groups in total. The second-order valence-corrected chi connectivity index (χ2v) is 11.4. The first-order valence-electron chi connectivity index (χ1n) is 6.32. The highest BCUT2D eigenvalue weighted by atomic mass is 29.2. The topological polar surface area (TPSA) is 0 Å². The average Bonchev–Trinajstić information content (AvgIpc) is 2.37. The largest absolute Gasteiger partial charge is 0.107 e. The van der Waals surface area contributed by atoms with E-state index in [1.807, 2.05) is 0 Å². The Hall–Kier alpha value is -1.13. The van der Waals surface area contributed by atoms with E-state index >= 15 is 0 Å². The summed E-state index contributed by atoms with van der Waals surface area (Å²) >= 11 is 0. The lowest BCUT2D eigenvalue weighted by molar-refractivity contribution is 0.762. The predicted molar refractivity (Wildman–Crippen MR) is 83.4 cm³/mol. The molecule has 0 aromatic heterocycles. The van der Waals surface area contributed by atoms with Crippen LogP contribution in [-0.2, 0) is 0 Å². The number of rotatable bonds is 3. The van der Waals surface area contributed by atoms with Crippen LogP contribution in [0.25, 0.3) is 0 Å². The summed E-state index contributed by atoms with van der Waals surface area (Å²) in [6, 6.07) is 22.0. The van der Waals surface area contributed by atoms with Gasteiger partial charge in [0.15, 0.2) is 0 Å². The van der Waals surface area contributed by atoms with Crippen LogP contribution in [0.3, 0.4) is 0 Å². The van der Waals surface area contributed by atoms with Gasteiger partial charge in [0, 0.05) is 9.04 Å². The highest BCUT2D eigenvalue weighted by Crippen LogP contribution is 2.20. The van der Waals surface area contributed by atoms with Gasteiger partial charge in [-0.15, -0.1) is 0 Å². The predicted octanol–water partition coefficient (Wildman–Crippen LogP) is 2.71. The van der Waals surface area contributed by atoms with E-state index < -0.39 is 8.31 Å². The molecule has 2 aromatic rings. The first-order chi connectivity index (χ1) is 8.56. The Bertz CT molecular complexity index is 432. The zero-order valence-corrected chi connectivity index (χ0v) is 13.3. The summed E-state index contributed by atoms with van der Waals surface area (Å²) in [7, 11) is 0.360. The highest BCUT2D eigenvalue weighted by Gasteiger charge is 2.24. The van der Waals surface area contributed by atoms with Crippen molar-refractivity contribution >= 4 is 27.7 Å². The Labute approximate surface area is 114 Å². The van der Waals surface area contributed by atoms with Gasteiger partial charge in [-0.25, -0.2) is 0 Å². The molecule has 0 bridgehead atoms. The van der Waals surface area contributed by atoms with E-state index in [1.165, 1.54) is 10.4 Å². The van der Waals surface area contributed by atoms with Crippen LogP contribution in [0.4, 0.5) is 0 Å². The van der Waals surface area contributed by atoms with Gasteiger partial charge >= 0.3 is 0 Å². The molecule has 0 aliphatic heterocycles. The molecular weight excluding hydrogens is 248 g/mol. The molecule has 0 fully saturated rings. The lowest BCUT2D eigenvalue weighted by Crippen LogP contribution is -2.50. The fraction of sp³-hybridized carbons (Fsp3) is 0.250. The van der Waals surface area contributed by atoms with E-state index in [9.17, 15) is 0 Å². The van der Waals surface area contributed by atoms with E-state index in [1.54, 1.807) is 0 Å². The minimum Gasteiger partial charge on any atom is -0.0633 e. The summed E-state index contributed by atoms with van der Waals surface area (Å²) in [5.41, 5.74) is 0. The molecule has 0 spiro atoms. The maximum absolute atomic E-state index is 2.35. The van der Waals surface area contributed by atoms with E-state index in [-0.39, 0.29) is 0 Å². The quantitative estimate of drug-likeness (QED) is 0.750. The van der Waals surface area contributed by atoms with Gasteiger partial charge in [0.05, 0.1) is 0 Å². The van der Waals surface area contributed by atoms with Gasteiger partial charge in [0.2, 0.25) is 0 Å². The number of benzene rings is 2. The van der Waals surface area contributed by atoms with Crippen LogP contribution in [0, 0.1) is 0 Å². The van der Waals surface area contributed by atoms with Crippen LogP contribution in [0.1, 0.15) is 20.8 Å². The molecule has 18 heavy (non-hydrogen) atoms. The Morgan fingerprint density at radius 1 is 0.722 bits per heavy atom. The second-order valence-electron chi connectivity index (χ2n) is 5.48. The molecule has 0 unspecified atom stereocenters. The van der Waals surface area contributed by atoms with Crippen molar-refractivity contribution in [1.82, 2.24) is 0 Å². The average molecular weight is 268 g/mol. The van der Waals surface area contributed by atoms with Crippen molar-refractivity contribution in [3.63, 3.8) is 0 Å². The third kappa shape index (κ3) is 3.68. The summed E-state index contributed by atoms with van der Waals surface area (Å²) in [4.78, 5) is 0. The minimum absolute atomic E-state index is 0.403. The zero-order valence-electron chi connectivity index (χ0n) is 11.3. The molecule has 2 rings (SSSR count). The van der Waals surface area contributed by atoms with Gasteiger partial charge in [-0.05, 0) is 5.04 Å². The van der Waals surface area contributed by atoms with Gasteiger partial charge in [-0.3, -0.25) is 0 Å². The van der Waals surface area contributed by atoms with Crippen molar-refractivity contribution in [3.05, 3.63) is 60.7 Å². The Morgan fingerprint density at radius 2 is 1.11 bits per heavy atom. The molecule has 0 heterocycles. The van der Waals surface area contributed by atoms with Gasteiger partial charge in [-0.1, -0.05) is 91.8 Å². The monoisotopic (exact) mass is 267 g/mol. The van der Waals surface area contributed by atoms with Gasteiger partial charge < -0.3 is 0 Å². The van der Waals surface area contributed by atoms with E-state index in [4.69, 9.17) is 0 Å². The zero-order chi connectivity index (χ0) is 13.0. The van der Waals surface area contributed by atoms with Crippen molar-refractivity contribution < 1.29 is 0 Å². The standard InChI is InChI=1S/C16H19Si2/c1-16(2,3)17-18(14-10-6-4-7-11-14)15-12-8-5-9-13-15/h4-13H,1-3H3. The summed E-state index contributed by atoms with van der Waals surface area (Å²) in [6.45, 7) is 7.05. The van der Waals surface area contributed by atoms with Crippen molar-refractivity contribution in [1.29, 1.82) is 0 Å². The Balaban J connectivity index is 2.36. The third-order valence-electron chi connectivity index (χ3n) is 2.62. The molecular formula is C16H19Si2. The summed E-state index contributed by atoms with van der Waals surface area (Å²) in [5, 5.41) is 3.46. The molecule has 0 aliphatic rings. The molecule has 91 valence electrons. The van der Waals surface area contributed by atoms with E-state index in [0.29, 0.717) is 5.04 Å². The SMILES string of the molecule is CC(C)(C)[Si][Si](c1ccccc1)c1ccccc1. The summed E-state index contributed by atoms with van der Waals surface area (Å²) in [6.07, 6.45) is 0. The fourth-order valence-corrected chi connectivity index (χ4v) is 8.44. The second kappa shape index (κ2) is 5.68. The van der Waals surface area contributed by atoms with Crippen LogP contribution in [0.2, 0.25) is 5.04 Å². The van der Waals surface area contributed by atoms with Gasteiger partial charge in [0.25, 0.3) is 0 Å².